The van der Waals surface area contributed by atoms with Crippen molar-refractivity contribution in [1.82, 2.24) is 35.4 Å². The molecular formula is C29H28F3N11O3S2. The smallest absolute Gasteiger partial charge is 0.406 e. The first-order valence-corrected chi connectivity index (χ1v) is 16.3. The van der Waals surface area contributed by atoms with Gasteiger partial charge >= 0.3 is 6.36 Å². The highest BCUT2D eigenvalue weighted by Crippen LogP contribution is 2.29. The van der Waals surface area contributed by atoms with E-state index in [0.29, 0.717) is 51.3 Å². The summed E-state index contributed by atoms with van der Waals surface area (Å²) >= 11 is 2.55. The molecule has 6 rings (SSSR count). The number of aromatic nitrogens is 7. The lowest BCUT2D eigenvalue weighted by atomic mass is 10.1. The van der Waals surface area contributed by atoms with Gasteiger partial charge in [0.25, 0.3) is 0 Å². The van der Waals surface area contributed by atoms with Crippen LogP contribution in [0.5, 0.6) is 5.75 Å². The molecule has 3 aromatic heterocycles. The number of carbonyl (C=O) groups excluding carboxylic acids is 2. The summed E-state index contributed by atoms with van der Waals surface area (Å²) in [5.41, 5.74) is 2.21. The van der Waals surface area contributed by atoms with E-state index in [-0.39, 0.29) is 36.4 Å². The molecule has 5 aromatic rings. The fraction of sp³-hybridized carbons (Fsp3) is 0.310. The standard InChI is InChI=1S/C29H28F3N11O3S2/c30-29(31,32)46-22-9-6-19(7-10-22)15-43-17-21(36-41-43)8-11-23(44)34-27-39-40-28(48-27)42-13-12-20(16-42)33-25-37-38-26(47-25)35-24(45)14-18-4-2-1-3-5-18/h1-7,9-10,17,20H,8,11-16H2,(H,33,37)(H,34,39,44)(H,35,38,45)/t20-/m1/s1. The Morgan fingerprint density at radius 3 is 2.40 bits per heavy atom. The van der Waals surface area contributed by atoms with Gasteiger partial charge in [-0.15, -0.1) is 38.7 Å². The number of anilines is 4. The summed E-state index contributed by atoms with van der Waals surface area (Å²) in [6.45, 7) is 1.68. The zero-order chi connectivity index (χ0) is 33.5. The van der Waals surface area contributed by atoms with E-state index in [1.807, 2.05) is 30.3 Å². The number of hydrogen-bond donors (Lipinski definition) is 3. The minimum Gasteiger partial charge on any atom is -0.406 e. The highest BCUT2D eigenvalue weighted by Gasteiger charge is 2.31. The van der Waals surface area contributed by atoms with Gasteiger partial charge in [0.2, 0.25) is 32.3 Å². The number of aryl methyl sites for hydroxylation is 1. The number of halogens is 3. The van der Waals surface area contributed by atoms with E-state index >= 15 is 0 Å². The fourth-order valence-corrected chi connectivity index (χ4v) is 6.37. The Labute approximate surface area is 279 Å². The lowest BCUT2D eigenvalue weighted by Crippen LogP contribution is -2.25. The molecule has 4 heterocycles. The van der Waals surface area contributed by atoms with Crippen molar-refractivity contribution in [2.45, 2.75) is 44.6 Å². The molecule has 250 valence electrons. The molecular weight excluding hydrogens is 672 g/mol. The van der Waals surface area contributed by atoms with Crippen LogP contribution >= 0.6 is 22.7 Å². The Morgan fingerprint density at radius 2 is 1.60 bits per heavy atom. The molecule has 48 heavy (non-hydrogen) atoms. The Morgan fingerprint density at radius 1 is 0.875 bits per heavy atom. The van der Waals surface area contributed by atoms with Gasteiger partial charge in [-0.05, 0) is 29.7 Å². The van der Waals surface area contributed by atoms with E-state index in [9.17, 15) is 22.8 Å². The van der Waals surface area contributed by atoms with Crippen molar-refractivity contribution in [3.63, 3.8) is 0 Å². The highest BCUT2D eigenvalue weighted by molar-refractivity contribution is 7.19. The number of benzene rings is 2. The van der Waals surface area contributed by atoms with Crippen LogP contribution in [0.1, 0.15) is 29.7 Å². The van der Waals surface area contributed by atoms with Gasteiger partial charge in [0.05, 0.1) is 18.7 Å². The van der Waals surface area contributed by atoms with E-state index in [1.54, 1.807) is 6.20 Å². The summed E-state index contributed by atoms with van der Waals surface area (Å²) < 4.78 is 42.5. The molecule has 14 nitrogen and oxygen atoms in total. The lowest BCUT2D eigenvalue weighted by molar-refractivity contribution is -0.274. The normalized spacial score (nSPS) is 14.6. The molecule has 1 aliphatic heterocycles. The monoisotopic (exact) mass is 699 g/mol. The molecule has 0 bridgehead atoms. The molecule has 0 saturated carbocycles. The van der Waals surface area contributed by atoms with Crippen LogP contribution in [0.3, 0.4) is 0 Å². The molecule has 3 N–H and O–H groups in total. The van der Waals surface area contributed by atoms with E-state index in [1.165, 1.54) is 51.6 Å². The second-order valence-corrected chi connectivity index (χ2v) is 12.7. The molecule has 2 aromatic carbocycles. The Kier molecular flexibility index (Phi) is 10.0. The predicted molar refractivity (Wildman–Crippen MR) is 172 cm³/mol. The molecule has 19 heteroatoms. The van der Waals surface area contributed by atoms with Crippen LogP contribution in [0.15, 0.2) is 60.8 Å². The Hall–Kier alpha value is -5.17. The average molecular weight is 700 g/mol. The molecule has 0 radical (unpaired) electrons. The number of nitrogens with one attached hydrogen (secondary N) is 3. The van der Waals surface area contributed by atoms with Gasteiger partial charge < -0.3 is 25.6 Å². The maximum Gasteiger partial charge on any atom is 0.573 e. The van der Waals surface area contributed by atoms with Gasteiger partial charge in [-0.2, -0.15) is 0 Å². The zero-order valence-corrected chi connectivity index (χ0v) is 26.7. The number of alkyl halides is 3. The zero-order valence-electron chi connectivity index (χ0n) is 25.1. The third-order valence-corrected chi connectivity index (χ3v) is 8.69. The van der Waals surface area contributed by atoms with Crippen LogP contribution in [-0.2, 0) is 29.0 Å². The predicted octanol–water partition coefficient (Wildman–Crippen LogP) is 4.37. The number of ether oxygens (including phenoxy) is 1. The van der Waals surface area contributed by atoms with Gasteiger partial charge in [0.1, 0.15) is 5.75 Å². The summed E-state index contributed by atoms with van der Waals surface area (Å²) in [6, 6.07) is 15.0. The maximum atomic E-state index is 12.6. The summed E-state index contributed by atoms with van der Waals surface area (Å²) in [5, 5.41) is 35.7. The molecule has 0 aliphatic carbocycles. The highest BCUT2D eigenvalue weighted by atomic mass is 32.1. The van der Waals surface area contributed by atoms with Crippen molar-refractivity contribution in [2.75, 3.05) is 33.9 Å². The third-order valence-electron chi connectivity index (χ3n) is 7.02. The summed E-state index contributed by atoms with van der Waals surface area (Å²) in [5.74, 6) is -0.717. The molecule has 0 spiro atoms. The van der Waals surface area contributed by atoms with Crippen molar-refractivity contribution in [2.24, 2.45) is 0 Å². The summed E-state index contributed by atoms with van der Waals surface area (Å²) in [4.78, 5) is 27.0. The van der Waals surface area contributed by atoms with Crippen molar-refractivity contribution in [3.05, 3.63) is 77.6 Å². The van der Waals surface area contributed by atoms with Gasteiger partial charge in [-0.25, -0.2) is 4.68 Å². The third kappa shape index (κ3) is 9.44. The second kappa shape index (κ2) is 14.7. The molecule has 2 amide bonds. The first-order valence-electron chi connectivity index (χ1n) is 14.7. The first-order chi connectivity index (χ1) is 23.1. The SMILES string of the molecule is O=C(Cc1ccccc1)Nc1nnc(N[C@@H]2CCN(c3nnc(NC(=O)CCc4cn(Cc5ccc(OC(F)(F)F)cc5)nn4)s3)C2)s1. The van der Waals surface area contributed by atoms with Crippen LogP contribution in [0.4, 0.5) is 33.7 Å². The topological polar surface area (TPSA) is 165 Å². The molecule has 1 fully saturated rings. The molecule has 1 saturated heterocycles. The molecule has 0 unspecified atom stereocenters. The van der Waals surface area contributed by atoms with Crippen molar-refractivity contribution < 1.29 is 27.5 Å². The number of hydrogen-bond acceptors (Lipinski definition) is 13. The number of nitrogens with zero attached hydrogens (tertiary/aromatic N) is 8. The van der Waals surface area contributed by atoms with Gasteiger partial charge in [0, 0.05) is 38.2 Å². The van der Waals surface area contributed by atoms with E-state index < -0.39 is 6.36 Å². The van der Waals surface area contributed by atoms with Crippen molar-refractivity contribution >= 4 is 55.0 Å². The second-order valence-electron chi connectivity index (χ2n) is 10.7. The van der Waals surface area contributed by atoms with Gasteiger partial charge in [0.15, 0.2) is 0 Å². The van der Waals surface area contributed by atoms with E-state index in [0.717, 1.165) is 18.5 Å². The Balaban J connectivity index is 0.912. The van der Waals surface area contributed by atoms with Crippen molar-refractivity contribution in [3.8, 4) is 5.75 Å². The Bertz CT molecular complexity index is 1830. The molecule has 1 aliphatic rings. The first kappa shape index (κ1) is 32.8. The number of carbonyl (C=O) groups is 2. The van der Waals surface area contributed by atoms with Crippen LogP contribution in [0, 0.1) is 0 Å². The maximum absolute atomic E-state index is 12.6. The fourth-order valence-electron chi connectivity index (χ4n) is 4.83. The van der Waals surface area contributed by atoms with Crippen LogP contribution in [0.2, 0.25) is 0 Å². The minimum absolute atomic E-state index is 0.0870. The van der Waals surface area contributed by atoms with Crippen LogP contribution < -0.4 is 25.6 Å². The lowest BCUT2D eigenvalue weighted by Gasteiger charge is -2.14. The summed E-state index contributed by atoms with van der Waals surface area (Å²) in [7, 11) is 0. The minimum atomic E-state index is -4.75. The molecule has 1 atom stereocenters. The quantitative estimate of drug-likeness (QED) is 0.160. The van der Waals surface area contributed by atoms with Crippen LogP contribution in [-0.4, -0.2) is 72.7 Å². The largest absolute Gasteiger partial charge is 0.573 e. The van der Waals surface area contributed by atoms with Gasteiger partial charge in [-0.3, -0.25) is 9.59 Å². The van der Waals surface area contributed by atoms with E-state index in [2.05, 4.69) is 56.3 Å². The summed E-state index contributed by atoms with van der Waals surface area (Å²) in [6.07, 6.45) is -1.51. The van der Waals surface area contributed by atoms with Crippen molar-refractivity contribution in [1.29, 1.82) is 0 Å². The van der Waals surface area contributed by atoms with E-state index in [4.69, 9.17) is 0 Å². The van der Waals surface area contributed by atoms with Crippen LogP contribution in [0.25, 0.3) is 0 Å². The number of amides is 2. The average Bonchev–Trinajstić information content (AvgIpc) is 3.86. The number of rotatable bonds is 13. The van der Waals surface area contributed by atoms with Gasteiger partial charge in [-0.1, -0.05) is 70.4 Å².